The Bertz CT molecular complexity index is 772. The Hall–Kier alpha value is -2.40. The van der Waals surface area contributed by atoms with Gasteiger partial charge >= 0.3 is 5.97 Å². The number of benzene rings is 1. The summed E-state index contributed by atoms with van der Waals surface area (Å²) in [6.07, 6.45) is 1.88. The van der Waals surface area contributed by atoms with Gasteiger partial charge in [0, 0.05) is 12.2 Å². The van der Waals surface area contributed by atoms with E-state index in [1.165, 1.54) is 11.1 Å². The number of carbonyl (C=O) groups is 1. The maximum Gasteiger partial charge on any atom is 0.335 e. The lowest BCUT2D eigenvalue weighted by Crippen LogP contribution is -2.18. The Balaban J connectivity index is 1.91. The third-order valence-electron chi connectivity index (χ3n) is 4.30. The van der Waals surface area contributed by atoms with Crippen LogP contribution in [0.3, 0.4) is 0 Å². The first-order valence-corrected chi connectivity index (χ1v) is 9.49. The molecule has 2 aromatic rings. The SMILES string of the molecule is Cc1ccc(OCCC(C)C)c(CCNCc2cc(C(=O)O)cc(C)n2)c1. The average Bonchev–Trinajstić information content (AvgIpc) is 2.59. The van der Waals surface area contributed by atoms with Gasteiger partial charge in [0.05, 0.1) is 17.9 Å². The van der Waals surface area contributed by atoms with Gasteiger partial charge < -0.3 is 15.2 Å². The number of nitrogens with zero attached hydrogens (tertiary/aromatic N) is 1. The second-order valence-electron chi connectivity index (χ2n) is 7.36. The molecule has 1 aromatic heterocycles. The lowest BCUT2D eigenvalue weighted by atomic mass is 10.1. The van der Waals surface area contributed by atoms with Gasteiger partial charge in [0.1, 0.15) is 5.75 Å². The maximum atomic E-state index is 11.2. The van der Waals surface area contributed by atoms with Gasteiger partial charge in [0.15, 0.2) is 0 Å². The minimum absolute atomic E-state index is 0.277. The molecule has 2 N–H and O–H groups in total. The van der Waals surface area contributed by atoms with E-state index in [1.807, 2.05) is 13.0 Å². The molecule has 0 radical (unpaired) electrons. The number of aromatic nitrogens is 1. The number of pyridine rings is 1. The van der Waals surface area contributed by atoms with E-state index in [0.717, 1.165) is 37.4 Å². The highest BCUT2D eigenvalue weighted by molar-refractivity contribution is 5.87. The van der Waals surface area contributed by atoms with Gasteiger partial charge in [-0.05, 0) is 62.9 Å². The number of carboxylic acids is 1. The number of aromatic carboxylic acids is 1. The van der Waals surface area contributed by atoms with Gasteiger partial charge in [0.2, 0.25) is 0 Å². The molecule has 0 aliphatic carbocycles. The van der Waals surface area contributed by atoms with Crippen LogP contribution in [-0.2, 0) is 13.0 Å². The first-order chi connectivity index (χ1) is 12.8. The molecule has 0 atom stereocenters. The Morgan fingerprint density at radius 2 is 2.00 bits per heavy atom. The number of nitrogens with one attached hydrogen (secondary N) is 1. The van der Waals surface area contributed by atoms with Gasteiger partial charge in [-0.3, -0.25) is 4.98 Å². The fourth-order valence-electron chi connectivity index (χ4n) is 2.84. The van der Waals surface area contributed by atoms with Gasteiger partial charge in [-0.25, -0.2) is 4.79 Å². The van der Waals surface area contributed by atoms with E-state index < -0.39 is 5.97 Å². The van der Waals surface area contributed by atoms with E-state index in [-0.39, 0.29) is 5.56 Å². The lowest BCUT2D eigenvalue weighted by molar-refractivity contribution is 0.0696. The summed E-state index contributed by atoms with van der Waals surface area (Å²) in [6.45, 7) is 10.3. The zero-order valence-electron chi connectivity index (χ0n) is 16.7. The minimum Gasteiger partial charge on any atom is -0.493 e. The Kier molecular flexibility index (Phi) is 7.80. The first kappa shape index (κ1) is 20.9. The number of ether oxygens (including phenoxy) is 1. The number of carboxylic acid groups (broad SMARTS) is 1. The molecule has 0 amide bonds. The molecular weight excluding hydrogens is 340 g/mol. The van der Waals surface area contributed by atoms with Crippen LogP contribution in [-0.4, -0.2) is 29.2 Å². The van der Waals surface area contributed by atoms with Crippen molar-refractivity contribution in [3.8, 4) is 5.75 Å². The van der Waals surface area contributed by atoms with Crippen molar-refractivity contribution in [2.75, 3.05) is 13.2 Å². The van der Waals surface area contributed by atoms with Crippen molar-refractivity contribution in [1.29, 1.82) is 0 Å². The molecule has 0 spiro atoms. The molecular formula is C22H30N2O3. The first-order valence-electron chi connectivity index (χ1n) is 9.49. The van der Waals surface area contributed by atoms with Crippen molar-refractivity contribution in [2.24, 2.45) is 5.92 Å². The average molecular weight is 370 g/mol. The number of aryl methyl sites for hydroxylation is 2. The third kappa shape index (κ3) is 7.02. The van der Waals surface area contributed by atoms with E-state index >= 15 is 0 Å². The van der Waals surface area contributed by atoms with Crippen molar-refractivity contribution >= 4 is 5.97 Å². The fraction of sp³-hybridized carbons (Fsp3) is 0.455. The van der Waals surface area contributed by atoms with Crippen LogP contribution in [0.15, 0.2) is 30.3 Å². The second kappa shape index (κ2) is 10.1. The van der Waals surface area contributed by atoms with Gasteiger partial charge in [-0.15, -0.1) is 0 Å². The smallest absolute Gasteiger partial charge is 0.335 e. The Morgan fingerprint density at radius 1 is 1.22 bits per heavy atom. The van der Waals surface area contributed by atoms with E-state index in [0.29, 0.717) is 18.2 Å². The van der Waals surface area contributed by atoms with Gasteiger partial charge in [-0.2, -0.15) is 0 Å². The molecule has 0 bridgehead atoms. The van der Waals surface area contributed by atoms with Crippen LogP contribution in [0.25, 0.3) is 0 Å². The Labute approximate surface area is 161 Å². The van der Waals surface area contributed by atoms with E-state index in [2.05, 4.69) is 43.2 Å². The summed E-state index contributed by atoms with van der Waals surface area (Å²) in [5.41, 5.74) is 4.14. The van der Waals surface area contributed by atoms with E-state index in [4.69, 9.17) is 9.84 Å². The van der Waals surface area contributed by atoms with Crippen LogP contribution in [0.1, 0.15) is 53.1 Å². The van der Waals surface area contributed by atoms with Crippen LogP contribution in [0, 0.1) is 19.8 Å². The van der Waals surface area contributed by atoms with Crippen molar-refractivity contribution in [1.82, 2.24) is 10.3 Å². The predicted molar refractivity (Wildman–Crippen MR) is 107 cm³/mol. The molecule has 0 aliphatic rings. The highest BCUT2D eigenvalue weighted by Crippen LogP contribution is 2.21. The highest BCUT2D eigenvalue weighted by Gasteiger charge is 2.08. The largest absolute Gasteiger partial charge is 0.493 e. The summed E-state index contributed by atoms with van der Waals surface area (Å²) in [6, 6.07) is 9.49. The van der Waals surface area contributed by atoms with Gasteiger partial charge in [-0.1, -0.05) is 31.5 Å². The molecule has 27 heavy (non-hydrogen) atoms. The molecule has 5 nitrogen and oxygen atoms in total. The summed E-state index contributed by atoms with van der Waals surface area (Å²) in [7, 11) is 0. The quantitative estimate of drug-likeness (QED) is 0.615. The molecule has 0 unspecified atom stereocenters. The number of hydrogen-bond donors (Lipinski definition) is 2. The molecule has 0 saturated heterocycles. The molecule has 1 aromatic carbocycles. The highest BCUT2D eigenvalue weighted by atomic mass is 16.5. The van der Waals surface area contributed by atoms with Crippen molar-refractivity contribution in [3.05, 3.63) is 58.4 Å². The van der Waals surface area contributed by atoms with Crippen molar-refractivity contribution < 1.29 is 14.6 Å². The van der Waals surface area contributed by atoms with E-state index in [1.54, 1.807) is 12.1 Å². The zero-order chi connectivity index (χ0) is 19.8. The topological polar surface area (TPSA) is 71.5 Å². The summed E-state index contributed by atoms with van der Waals surface area (Å²) in [5.74, 6) is 0.646. The molecule has 2 rings (SSSR count). The van der Waals surface area contributed by atoms with E-state index in [9.17, 15) is 4.79 Å². The second-order valence-corrected chi connectivity index (χ2v) is 7.36. The van der Waals surface area contributed by atoms with Crippen molar-refractivity contribution in [3.63, 3.8) is 0 Å². The minimum atomic E-state index is -0.926. The van der Waals surface area contributed by atoms with Crippen LogP contribution >= 0.6 is 0 Å². The summed E-state index contributed by atoms with van der Waals surface area (Å²) >= 11 is 0. The van der Waals surface area contributed by atoms with Crippen LogP contribution in [0.4, 0.5) is 0 Å². The Morgan fingerprint density at radius 3 is 2.70 bits per heavy atom. The maximum absolute atomic E-state index is 11.2. The molecule has 0 fully saturated rings. The fourth-order valence-corrected chi connectivity index (χ4v) is 2.84. The number of hydrogen-bond acceptors (Lipinski definition) is 4. The van der Waals surface area contributed by atoms with Crippen LogP contribution in [0.5, 0.6) is 5.75 Å². The third-order valence-corrected chi connectivity index (χ3v) is 4.30. The van der Waals surface area contributed by atoms with Gasteiger partial charge in [0.25, 0.3) is 0 Å². The molecule has 0 aliphatic heterocycles. The monoisotopic (exact) mass is 370 g/mol. The lowest BCUT2D eigenvalue weighted by Gasteiger charge is -2.14. The van der Waals surface area contributed by atoms with Crippen LogP contribution < -0.4 is 10.1 Å². The summed E-state index contributed by atoms with van der Waals surface area (Å²) < 4.78 is 5.97. The molecule has 146 valence electrons. The number of rotatable bonds is 10. The van der Waals surface area contributed by atoms with Crippen molar-refractivity contribution in [2.45, 2.75) is 47.1 Å². The predicted octanol–water partition coefficient (Wildman–Crippen LogP) is 4.15. The summed E-state index contributed by atoms with van der Waals surface area (Å²) in [4.78, 5) is 15.6. The molecule has 1 heterocycles. The standard InChI is InChI=1S/C22H30N2O3/c1-15(2)8-10-27-21-6-5-16(3)11-18(21)7-9-23-14-20-13-19(22(25)26)12-17(4)24-20/h5-6,11-13,15,23H,7-10,14H2,1-4H3,(H,25,26). The van der Waals surface area contributed by atoms with Crippen LogP contribution in [0.2, 0.25) is 0 Å². The zero-order valence-corrected chi connectivity index (χ0v) is 16.7. The summed E-state index contributed by atoms with van der Waals surface area (Å²) in [5, 5.41) is 12.5. The molecule has 0 saturated carbocycles. The normalized spacial score (nSPS) is 11.0. The molecule has 5 heteroatoms.